The average molecular weight is 654 g/mol. The molecule has 0 aliphatic carbocycles. The first-order valence-electron chi connectivity index (χ1n) is 13.2. The molecule has 2 amide bonds. The zero-order valence-electron chi connectivity index (χ0n) is 23.4. The number of carbonyl (C=O) groups excluding carboxylic acids is 3. The topological polar surface area (TPSA) is 107 Å². The third kappa shape index (κ3) is 8.12. The van der Waals surface area contributed by atoms with Crippen molar-refractivity contribution in [2.75, 3.05) is 69.0 Å². The van der Waals surface area contributed by atoms with E-state index in [4.69, 9.17) is 39.5 Å². The van der Waals surface area contributed by atoms with Gasteiger partial charge in [0, 0.05) is 51.7 Å². The van der Waals surface area contributed by atoms with E-state index in [9.17, 15) is 14.4 Å². The van der Waals surface area contributed by atoms with Crippen LogP contribution in [-0.4, -0.2) is 86.0 Å². The van der Waals surface area contributed by atoms with Crippen LogP contribution in [0.4, 0.5) is 17.2 Å². The number of hydrogen-bond donors (Lipinski definition) is 2. The van der Waals surface area contributed by atoms with Crippen molar-refractivity contribution < 1.29 is 19.1 Å². The molecular weight excluding hydrogens is 623 g/mol. The van der Waals surface area contributed by atoms with Gasteiger partial charge in [0.25, 0.3) is 11.8 Å². The Bertz CT molecular complexity index is 1440. The van der Waals surface area contributed by atoms with E-state index >= 15 is 0 Å². The molecule has 0 unspecified atom stereocenters. The minimum atomic E-state index is -0.582. The number of hydrogen-bond acceptors (Lipinski definition) is 9. The van der Waals surface area contributed by atoms with Gasteiger partial charge in [-0.3, -0.25) is 19.3 Å². The standard InChI is InChI=1S/C28H31Cl3N6O4S/c1-4-41-23(38)15-36(3)19-11-20(27(39)33-22-6-5-18(29)13-32-22)25(21(30)12-19)34-28(40)26-24(31)17(16-42-26)14-37-9-7-35(2)8-10-37/h5-6,11-13,16H,4,7-10,14-15H2,1-3H3,(H,34,40)(H,32,33,39). The molecule has 224 valence electrons. The van der Waals surface area contributed by atoms with E-state index in [1.54, 1.807) is 37.1 Å². The highest BCUT2D eigenvalue weighted by Crippen LogP contribution is 2.35. The maximum absolute atomic E-state index is 13.5. The van der Waals surface area contributed by atoms with Crippen LogP contribution < -0.4 is 15.5 Å². The molecule has 0 atom stereocenters. The first kappa shape index (κ1) is 32.0. The Hall–Kier alpha value is -2.93. The fourth-order valence-electron chi connectivity index (χ4n) is 4.30. The molecule has 1 saturated heterocycles. The average Bonchev–Trinajstić information content (AvgIpc) is 3.31. The number of likely N-dealkylation sites (N-methyl/N-ethyl adjacent to an activating group) is 2. The molecule has 0 spiro atoms. The van der Waals surface area contributed by atoms with Gasteiger partial charge in [-0.05, 0) is 49.2 Å². The number of benzene rings is 1. The van der Waals surface area contributed by atoms with Gasteiger partial charge in [-0.15, -0.1) is 11.3 Å². The molecule has 0 saturated carbocycles. The molecule has 2 aromatic heterocycles. The quantitative estimate of drug-likeness (QED) is 0.282. The summed E-state index contributed by atoms with van der Waals surface area (Å²) in [5, 5.41) is 8.23. The summed E-state index contributed by atoms with van der Waals surface area (Å²) in [4.78, 5) is 49.6. The summed E-state index contributed by atoms with van der Waals surface area (Å²) in [6.45, 7) is 6.29. The van der Waals surface area contributed by atoms with Gasteiger partial charge in [-0.1, -0.05) is 34.8 Å². The third-order valence-corrected chi connectivity index (χ3v) is 8.73. The van der Waals surface area contributed by atoms with Crippen LogP contribution in [0.3, 0.4) is 0 Å². The van der Waals surface area contributed by atoms with E-state index in [2.05, 4.69) is 32.5 Å². The van der Waals surface area contributed by atoms with Gasteiger partial charge in [0.05, 0.1) is 32.9 Å². The molecule has 3 aromatic rings. The number of carbonyl (C=O) groups is 3. The molecule has 42 heavy (non-hydrogen) atoms. The molecule has 1 aromatic carbocycles. The molecule has 1 aliphatic rings. The van der Waals surface area contributed by atoms with Gasteiger partial charge in [0.15, 0.2) is 0 Å². The maximum Gasteiger partial charge on any atom is 0.325 e. The monoisotopic (exact) mass is 652 g/mol. The molecule has 1 aliphatic heterocycles. The van der Waals surface area contributed by atoms with Crippen LogP contribution in [0, 0.1) is 0 Å². The predicted octanol–water partition coefficient (Wildman–Crippen LogP) is 5.35. The van der Waals surface area contributed by atoms with Crippen molar-refractivity contribution in [3.63, 3.8) is 0 Å². The third-order valence-electron chi connectivity index (χ3n) is 6.64. The van der Waals surface area contributed by atoms with Gasteiger partial charge < -0.3 is 25.2 Å². The van der Waals surface area contributed by atoms with Gasteiger partial charge in [0.1, 0.15) is 17.2 Å². The second-order valence-corrected chi connectivity index (χ2v) is 11.9. The number of esters is 1. The number of rotatable bonds is 10. The van der Waals surface area contributed by atoms with Gasteiger partial charge in [-0.2, -0.15) is 0 Å². The van der Waals surface area contributed by atoms with Crippen molar-refractivity contribution >= 4 is 81.1 Å². The summed E-state index contributed by atoms with van der Waals surface area (Å²) >= 11 is 20.5. The summed E-state index contributed by atoms with van der Waals surface area (Å²) in [5.41, 5.74) is 1.48. The van der Waals surface area contributed by atoms with Crippen molar-refractivity contribution in [3.8, 4) is 0 Å². The minimum Gasteiger partial charge on any atom is -0.465 e. The molecule has 0 bridgehead atoms. The van der Waals surface area contributed by atoms with Crippen LogP contribution in [-0.2, 0) is 16.1 Å². The van der Waals surface area contributed by atoms with Crippen molar-refractivity contribution in [1.29, 1.82) is 0 Å². The van der Waals surface area contributed by atoms with Gasteiger partial charge in [0.2, 0.25) is 0 Å². The summed E-state index contributed by atoms with van der Waals surface area (Å²) < 4.78 is 5.04. The van der Waals surface area contributed by atoms with Gasteiger partial charge in [-0.25, -0.2) is 4.98 Å². The lowest BCUT2D eigenvalue weighted by Gasteiger charge is -2.32. The zero-order chi connectivity index (χ0) is 30.4. The Morgan fingerprint density at radius 1 is 1.07 bits per heavy atom. The minimum absolute atomic E-state index is 0.0589. The summed E-state index contributed by atoms with van der Waals surface area (Å²) in [6.07, 6.45) is 1.40. The number of pyridine rings is 1. The second-order valence-electron chi connectivity index (χ2n) is 9.76. The molecule has 3 heterocycles. The van der Waals surface area contributed by atoms with E-state index in [-0.39, 0.29) is 35.2 Å². The molecule has 2 N–H and O–H groups in total. The van der Waals surface area contributed by atoms with Crippen LogP contribution >= 0.6 is 46.1 Å². The first-order valence-corrected chi connectivity index (χ1v) is 15.2. The number of thiophene rings is 1. The molecule has 10 nitrogen and oxygen atoms in total. The van der Waals surface area contributed by atoms with Crippen molar-refractivity contribution in [2.45, 2.75) is 13.5 Å². The van der Waals surface area contributed by atoms with E-state index in [0.717, 1.165) is 31.7 Å². The van der Waals surface area contributed by atoms with Crippen molar-refractivity contribution in [2.24, 2.45) is 0 Å². The highest BCUT2D eigenvalue weighted by atomic mass is 35.5. The Morgan fingerprint density at radius 3 is 2.48 bits per heavy atom. The summed E-state index contributed by atoms with van der Waals surface area (Å²) in [7, 11) is 3.75. The fourth-order valence-corrected chi connectivity index (χ4v) is 5.92. The molecule has 14 heteroatoms. The summed E-state index contributed by atoms with van der Waals surface area (Å²) in [5.74, 6) is -1.27. The van der Waals surface area contributed by atoms with Crippen LogP contribution in [0.15, 0.2) is 35.8 Å². The van der Waals surface area contributed by atoms with Crippen LogP contribution in [0.1, 0.15) is 32.5 Å². The number of piperazine rings is 1. The number of nitrogens with zero attached hydrogens (tertiary/aromatic N) is 4. The SMILES string of the molecule is CCOC(=O)CN(C)c1cc(Cl)c(NC(=O)c2scc(CN3CCN(C)CC3)c2Cl)c(C(=O)Nc2ccc(Cl)cn2)c1. The lowest BCUT2D eigenvalue weighted by Crippen LogP contribution is -2.43. The largest absolute Gasteiger partial charge is 0.465 e. The number of anilines is 3. The number of aromatic nitrogens is 1. The number of amides is 2. The van der Waals surface area contributed by atoms with E-state index < -0.39 is 17.8 Å². The number of nitrogens with one attached hydrogen (secondary N) is 2. The Labute approximate surface area is 263 Å². The van der Waals surface area contributed by atoms with Crippen LogP contribution in [0.25, 0.3) is 0 Å². The Morgan fingerprint density at radius 2 is 1.81 bits per heavy atom. The lowest BCUT2D eigenvalue weighted by atomic mass is 10.1. The lowest BCUT2D eigenvalue weighted by molar-refractivity contribution is -0.141. The second kappa shape index (κ2) is 14.5. The Balaban J connectivity index is 1.60. The number of halogens is 3. The highest BCUT2D eigenvalue weighted by Gasteiger charge is 2.25. The molecule has 4 rings (SSSR count). The Kier molecular flexibility index (Phi) is 11.0. The van der Waals surface area contributed by atoms with Crippen LogP contribution in [0.5, 0.6) is 0 Å². The normalized spacial score (nSPS) is 14.0. The van der Waals surface area contributed by atoms with E-state index in [1.165, 1.54) is 23.6 Å². The summed E-state index contributed by atoms with van der Waals surface area (Å²) in [6, 6.07) is 6.22. The fraction of sp³-hybridized carbons (Fsp3) is 0.357. The number of ether oxygens (including phenoxy) is 1. The van der Waals surface area contributed by atoms with E-state index in [1.807, 2.05) is 5.38 Å². The molecule has 1 fully saturated rings. The van der Waals surface area contributed by atoms with Crippen molar-refractivity contribution in [1.82, 2.24) is 14.8 Å². The molecule has 0 radical (unpaired) electrons. The zero-order valence-corrected chi connectivity index (χ0v) is 26.5. The highest BCUT2D eigenvalue weighted by molar-refractivity contribution is 7.13. The van der Waals surface area contributed by atoms with Crippen LogP contribution in [0.2, 0.25) is 15.1 Å². The van der Waals surface area contributed by atoms with Gasteiger partial charge >= 0.3 is 5.97 Å². The smallest absolute Gasteiger partial charge is 0.325 e. The van der Waals surface area contributed by atoms with Crippen molar-refractivity contribution in [3.05, 3.63) is 66.9 Å². The molecular formula is C28H31Cl3N6O4S. The first-order chi connectivity index (χ1) is 20.0. The van der Waals surface area contributed by atoms with E-state index in [0.29, 0.717) is 27.2 Å². The predicted molar refractivity (Wildman–Crippen MR) is 169 cm³/mol. The maximum atomic E-state index is 13.5.